The molecular weight excluding hydrogens is 289 g/mol. The molecule has 2 aromatic rings. The average molecular weight is 309 g/mol. The van der Waals surface area contributed by atoms with E-state index in [9.17, 15) is 9.50 Å². The summed E-state index contributed by atoms with van der Waals surface area (Å²) in [5.41, 5.74) is 1.59. The van der Waals surface area contributed by atoms with Crippen LogP contribution in [0.25, 0.3) is 0 Å². The van der Waals surface area contributed by atoms with E-state index >= 15 is 0 Å². The van der Waals surface area contributed by atoms with Crippen molar-refractivity contribution in [1.29, 1.82) is 0 Å². The summed E-state index contributed by atoms with van der Waals surface area (Å²) < 4.78 is 19.0. The molecule has 5 heteroatoms. The summed E-state index contributed by atoms with van der Waals surface area (Å²) in [4.78, 5) is 4.53. The van der Waals surface area contributed by atoms with E-state index in [0.29, 0.717) is 11.3 Å². The van der Waals surface area contributed by atoms with Gasteiger partial charge in [-0.15, -0.1) is 11.3 Å². The molecule has 3 nitrogen and oxygen atoms in total. The van der Waals surface area contributed by atoms with Crippen LogP contribution in [0.15, 0.2) is 23.6 Å². The third-order valence-corrected chi connectivity index (χ3v) is 3.92. The second-order valence-corrected chi connectivity index (χ2v) is 6.97. The molecule has 1 atom stereocenters. The Kier molecular flexibility index (Phi) is 4.64. The van der Waals surface area contributed by atoms with E-state index in [-0.39, 0.29) is 17.8 Å². The highest BCUT2D eigenvalue weighted by Gasteiger charge is 2.18. The summed E-state index contributed by atoms with van der Waals surface area (Å²) in [5, 5.41) is 12.5. The first-order chi connectivity index (χ1) is 9.77. The Labute approximate surface area is 128 Å². The molecule has 0 saturated carbocycles. The molecule has 2 rings (SSSR count). The van der Waals surface area contributed by atoms with Crippen molar-refractivity contribution >= 4 is 11.3 Å². The van der Waals surface area contributed by atoms with Gasteiger partial charge in [-0.1, -0.05) is 20.8 Å². The normalized spacial score (nSPS) is 13.2. The van der Waals surface area contributed by atoms with Crippen LogP contribution in [0.3, 0.4) is 0 Å². The lowest BCUT2D eigenvalue weighted by Crippen LogP contribution is -2.11. The Bertz CT molecular complexity index is 617. The van der Waals surface area contributed by atoms with Crippen molar-refractivity contribution in [2.75, 3.05) is 0 Å². The molecule has 0 aliphatic carbocycles. The quantitative estimate of drug-likeness (QED) is 0.920. The predicted octanol–water partition coefficient (Wildman–Crippen LogP) is 4.21. The lowest BCUT2D eigenvalue weighted by atomic mass is 9.93. The summed E-state index contributed by atoms with van der Waals surface area (Å²) in [6.07, 6.45) is -0.706. The van der Waals surface area contributed by atoms with Crippen LogP contribution >= 0.6 is 11.3 Å². The number of thiazole rings is 1. The van der Waals surface area contributed by atoms with Crippen LogP contribution in [0.2, 0.25) is 0 Å². The molecule has 0 radical (unpaired) electrons. The number of aromatic nitrogens is 1. The van der Waals surface area contributed by atoms with Gasteiger partial charge in [0.2, 0.25) is 0 Å². The standard InChI is InChI=1S/C16H20FNO2S/c1-10(19)12-6-5-11(17)7-13(12)20-8-15-18-14(9-21-15)16(2,3)4/h5-7,9-10,19H,8H2,1-4H3. The summed E-state index contributed by atoms with van der Waals surface area (Å²) >= 11 is 1.52. The van der Waals surface area contributed by atoms with Gasteiger partial charge in [-0.05, 0) is 19.1 Å². The van der Waals surface area contributed by atoms with Gasteiger partial charge < -0.3 is 9.84 Å². The Morgan fingerprint density at radius 2 is 2.10 bits per heavy atom. The number of hydrogen-bond acceptors (Lipinski definition) is 4. The van der Waals surface area contributed by atoms with Crippen LogP contribution in [-0.2, 0) is 12.0 Å². The van der Waals surface area contributed by atoms with Gasteiger partial charge in [0.15, 0.2) is 0 Å². The largest absolute Gasteiger partial charge is 0.486 e. The maximum atomic E-state index is 13.3. The van der Waals surface area contributed by atoms with Crippen molar-refractivity contribution in [1.82, 2.24) is 4.98 Å². The van der Waals surface area contributed by atoms with Gasteiger partial charge >= 0.3 is 0 Å². The molecule has 21 heavy (non-hydrogen) atoms. The first-order valence-electron chi connectivity index (χ1n) is 6.82. The van der Waals surface area contributed by atoms with Crippen LogP contribution in [0, 0.1) is 5.82 Å². The third kappa shape index (κ3) is 4.02. The van der Waals surface area contributed by atoms with E-state index < -0.39 is 6.10 Å². The Hall–Kier alpha value is -1.46. The number of halogens is 1. The highest BCUT2D eigenvalue weighted by atomic mass is 32.1. The molecule has 1 aromatic carbocycles. The average Bonchev–Trinajstić information content (AvgIpc) is 2.84. The Balaban J connectivity index is 2.13. The highest BCUT2D eigenvalue weighted by molar-refractivity contribution is 7.09. The Morgan fingerprint density at radius 1 is 1.38 bits per heavy atom. The van der Waals surface area contributed by atoms with Crippen molar-refractivity contribution in [3.05, 3.63) is 45.7 Å². The van der Waals surface area contributed by atoms with Gasteiger partial charge in [0, 0.05) is 22.4 Å². The molecule has 1 aromatic heterocycles. The van der Waals surface area contributed by atoms with Crippen LogP contribution in [0.1, 0.15) is 50.1 Å². The minimum absolute atomic E-state index is 0.00161. The fourth-order valence-electron chi connectivity index (χ4n) is 1.84. The van der Waals surface area contributed by atoms with Gasteiger partial charge in [-0.3, -0.25) is 0 Å². The monoisotopic (exact) mass is 309 g/mol. The molecule has 0 bridgehead atoms. The maximum Gasteiger partial charge on any atom is 0.140 e. The SMILES string of the molecule is CC(O)c1ccc(F)cc1OCc1nc(C(C)(C)C)cs1. The molecule has 1 heterocycles. The zero-order valence-electron chi connectivity index (χ0n) is 12.7. The van der Waals surface area contributed by atoms with Gasteiger partial charge in [0.1, 0.15) is 23.2 Å². The van der Waals surface area contributed by atoms with Crippen molar-refractivity contribution in [2.24, 2.45) is 0 Å². The Morgan fingerprint density at radius 3 is 2.67 bits per heavy atom. The lowest BCUT2D eigenvalue weighted by Gasteiger charge is -2.14. The molecule has 0 fully saturated rings. The molecule has 0 aliphatic rings. The smallest absolute Gasteiger partial charge is 0.140 e. The first-order valence-corrected chi connectivity index (χ1v) is 7.70. The minimum atomic E-state index is -0.706. The number of benzene rings is 1. The second kappa shape index (κ2) is 6.12. The molecular formula is C16H20FNO2S. The fraction of sp³-hybridized carbons (Fsp3) is 0.438. The summed E-state index contributed by atoms with van der Waals surface area (Å²) in [7, 11) is 0. The molecule has 0 aliphatic heterocycles. The fourth-order valence-corrected chi connectivity index (χ4v) is 2.77. The molecule has 0 spiro atoms. The number of hydrogen-bond donors (Lipinski definition) is 1. The van der Waals surface area contributed by atoms with Crippen LogP contribution < -0.4 is 4.74 Å². The van der Waals surface area contributed by atoms with Crippen molar-refractivity contribution in [2.45, 2.75) is 45.8 Å². The molecule has 114 valence electrons. The summed E-state index contributed by atoms with van der Waals surface area (Å²) in [6, 6.07) is 4.15. The van der Waals surface area contributed by atoms with E-state index in [1.165, 1.54) is 29.5 Å². The topological polar surface area (TPSA) is 42.4 Å². The van der Waals surface area contributed by atoms with Crippen molar-refractivity contribution in [3.63, 3.8) is 0 Å². The van der Waals surface area contributed by atoms with Gasteiger partial charge in [0.05, 0.1) is 11.8 Å². The van der Waals surface area contributed by atoms with Crippen molar-refractivity contribution in [3.8, 4) is 5.75 Å². The number of rotatable bonds is 4. The van der Waals surface area contributed by atoms with E-state index in [1.54, 1.807) is 6.92 Å². The number of aliphatic hydroxyl groups is 1. The molecule has 1 unspecified atom stereocenters. The predicted molar refractivity (Wildman–Crippen MR) is 82.2 cm³/mol. The van der Waals surface area contributed by atoms with Crippen LogP contribution in [-0.4, -0.2) is 10.1 Å². The van der Waals surface area contributed by atoms with E-state index in [0.717, 1.165) is 10.7 Å². The van der Waals surface area contributed by atoms with E-state index in [4.69, 9.17) is 4.74 Å². The van der Waals surface area contributed by atoms with Crippen LogP contribution in [0.4, 0.5) is 4.39 Å². The zero-order valence-corrected chi connectivity index (χ0v) is 13.5. The van der Waals surface area contributed by atoms with E-state index in [2.05, 4.69) is 25.8 Å². The highest BCUT2D eigenvalue weighted by Crippen LogP contribution is 2.28. The zero-order chi connectivity index (χ0) is 15.6. The minimum Gasteiger partial charge on any atom is -0.486 e. The molecule has 0 amide bonds. The van der Waals surface area contributed by atoms with Crippen molar-refractivity contribution < 1.29 is 14.2 Å². The molecule has 0 saturated heterocycles. The van der Waals surface area contributed by atoms with E-state index in [1.807, 2.05) is 5.38 Å². The first kappa shape index (κ1) is 15.9. The van der Waals surface area contributed by atoms with Crippen LogP contribution in [0.5, 0.6) is 5.75 Å². The second-order valence-electron chi connectivity index (χ2n) is 6.02. The molecule has 1 N–H and O–H groups in total. The third-order valence-electron chi connectivity index (χ3n) is 3.10. The van der Waals surface area contributed by atoms with Gasteiger partial charge in [-0.2, -0.15) is 0 Å². The summed E-state index contributed by atoms with van der Waals surface area (Å²) in [5.74, 6) is -0.0265. The number of ether oxygens (including phenoxy) is 1. The van der Waals surface area contributed by atoms with Gasteiger partial charge in [-0.25, -0.2) is 9.37 Å². The number of aliphatic hydroxyl groups excluding tert-OH is 1. The lowest BCUT2D eigenvalue weighted by molar-refractivity contribution is 0.189. The summed E-state index contributed by atoms with van der Waals surface area (Å²) in [6.45, 7) is 8.20. The number of nitrogens with zero attached hydrogens (tertiary/aromatic N) is 1. The maximum absolute atomic E-state index is 13.3. The van der Waals surface area contributed by atoms with Gasteiger partial charge in [0.25, 0.3) is 0 Å².